The number of aromatic nitrogens is 3. The molecule has 1 aromatic carbocycles. The average Bonchev–Trinajstić information content (AvgIpc) is 3.26. The zero-order chi connectivity index (χ0) is 18.8. The number of hydrogen-bond donors (Lipinski definition) is 1. The largest absolute Gasteiger partial charge is 0.419 e. The summed E-state index contributed by atoms with van der Waals surface area (Å²) in [6, 6.07) is 10.8. The van der Waals surface area contributed by atoms with Gasteiger partial charge in [-0.1, -0.05) is 6.07 Å². The summed E-state index contributed by atoms with van der Waals surface area (Å²) in [7, 11) is 1.63. The van der Waals surface area contributed by atoms with Crippen molar-refractivity contribution < 1.29 is 9.21 Å². The topological polar surface area (TPSA) is 90.0 Å². The Hall–Kier alpha value is -3.26. The third-order valence-electron chi connectivity index (χ3n) is 4.12. The minimum absolute atomic E-state index is 0.116. The number of nitrogens with zero attached hydrogens (tertiary/aromatic N) is 3. The highest BCUT2D eigenvalue weighted by atomic mass is 32.1. The van der Waals surface area contributed by atoms with E-state index in [0.29, 0.717) is 29.6 Å². The lowest BCUT2D eigenvalue weighted by Gasteiger charge is -2.04. The SMILES string of the molecule is Cn1c(=O)oc2ccc(NC(=O)CCc3csc(-c4ccccn4)n3)cc21. The summed E-state index contributed by atoms with van der Waals surface area (Å²) in [5, 5.41) is 5.64. The molecule has 4 aromatic rings. The molecule has 0 atom stereocenters. The van der Waals surface area contributed by atoms with Gasteiger partial charge in [0.2, 0.25) is 5.91 Å². The Labute approximate surface area is 158 Å². The summed E-state index contributed by atoms with van der Waals surface area (Å²) < 4.78 is 6.49. The van der Waals surface area contributed by atoms with Gasteiger partial charge in [-0.3, -0.25) is 14.3 Å². The molecule has 136 valence electrons. The van der Waals surface area contributed by atoms with Crippen molar-refractivity contribution in [3.8, 4) is 10.7 Å². The van der Waals surface area contributed by atoms with Crippen LogP contribution in [0.3, 0.4) is 0 Å². The van der Waals surface area contributed by atoms with Gasteiger partial charge >= 0.3 is 5.76 Å². The zero-order valence-corrected chi connectivity index (χ0v) is 15.3. The minimum atomic E-state index is -0.430. The van der Waals surface area contributed by atoms with E-state index in [0.717, 1.165) is 16.4 Å². The lowest BCUT2D eigenvalue weighted by atomic mass is 10.2. The molecule has 0 spiro atoms. The highest BCUT2D eigenvalue weighted by molar-refractivity contribution is 7.13. The fourth-order valence-corrected chi connectivity index (χ4v) is 3.53. The predicted molar refractivity (Wildman–Crippen MR) is 104 cm³/mol. The van der Waals surface area contributed by atoms with Gasteiger partial charge < -0.3 is 9.73 Å². The molecule has 0 fully saturated rings. The van der Waals surface area contributed by atoms with Gasteiger partial charge in [-0.05, 0) is 36.8 Å². The first-order valence-electron chi connectivity index (χ1n) is 8.35. The van der Waals surface area contributed by atoms with Gasteiger partial charge in [-0.25, -0.2) is 9.78 Å². The van der Waals surface area contributed by atoms with Crippen LogP contribution in [0.4, 0.5) is 5.69 Å². The smallest absolute Gasteiger partial charge is 0.408 e. The standard InChI is InChI=1S/C19H16N4O3S/c1-23-15-10-12(5-7-16(15)26-19(23)25)21-17(24)8-6-13-11-27-18(22-13)14-4-2-3-9-20-14/h2-5,7,9-11H,6,8H2,1H3,(H,21,24). The Morgan fingerprint density at radius 1 is 1.30 bits per heavy atom. The van der Waals surface area contributed by atoms with Crippen LogP contribution in [0, 0.1) is 0 Å². The maximum Gasteiger partial charge on any atom is 0.419 e. The molecule has 1 N–H and O–H groups in total. The normalized spacial score (nSPS) is 11.0. The van der Waals surface area contributed by atoms with Gasteiger partial charge in [0.25, 0.3) is 0 Å². The van der Waals surface area contributed by atoms with Crippen LogP contribution >= 0.6 is 11.3 Å². The Kier molecular flexibility index (Phi) is 4.55. The number of aryl methyl sites for hydroxylation is 2. The van der Waals surface area contributed by atoms with Crippen LogP contribution in [0.2, 0.25) is 0 Å². The lowest BCUT2D eigenvalue weighted by molar-refractivity contribution is -0.116. The quantitative estimate of drug-likeness (QED) is 0.574. The van der Waals surface area contributed by atoms with Crippen LogP contribution in [0.1, 0.15) is 12.1 Å². The molecule has 0 aliphatic rings. The number of fused-ring (bicyclic) bond motifs is 1. The van der Waals surface area contributed by atoms with Gasteiger partial charge in [0.05, 0.1) is 16.9 Å². The van der Waals surface area contributed by atoms with Crippen molar-refractivity contribution in [2.24, 2.45) is 7.05 Å². The number of hydrogen-bond acceptors (Lipinski definition) is 6. The van der Waals surface area contributed by atoms with Crippen LogP contribution in [0.5, 0.6) is 0 Å². The van der Waals surface area contributed by atoms with Crippen molar-refractivity contribution in [3.63, 3.8) is 0 Å². The number of anilines is 1. The highest BCUT2D eigenvalue weighted by Gasteiger charge is 2.10. The molecule has 0 unspecified atom stereocenters. The molecule has 0 aliphatic heterocycles. The molecular formula is C19H16N4O3S. The molecule has 1 amide bonds. The van der Waals surface area contributed by atoms with Crippen molar-refractivity contribution in [3.05, 3.63) is 64.2 Å². The first-order valence-corrected chi connectivity index (χ1v) is 9.23. The molecule has 4 rings (SSSR count). The molecule has 0 bridgehead atoms. The Balaban J connectivity index is 1.39. The second kappa shape index (κ2) is 7.16. The zero-order valence-electron chi connectivity index (χ0n) is 14.5. The molecule has 8 heteroatoms. The second-order valence-electron chi connectivity index (χ2n) is 6.02. The van der Waals surface area contributed by atoms with E-state index in [1.165, 1.54) is 15.9 Å². The van der Waals surface area contributed by atoms with Crippen molar-refractivity contribution in [2.75, 3.05) is 5.32 Å². The van der Waals surface area contributed by atoms with E-state index in [4.69, 9.17) is 4.42 Å². The Bertz CT molecular complexity index is 1160. The molecular weight excluding hydrogens is 364 g/mol. The number of carbonyl (C=O) groups is 1. The van der Waals surface area contributed by atoms with E-state index in [2.05, 4.69) is 15.3 Å². The summed E-state index contributed by atoms with van der Waals surface area (Å²) in [5.74, 6) is -0.545. The van der Waals surface area contributed by atoms with Gasteiger partial charge in [0.1, 0.15) is 5.01 Å². The van der Waals surface area contributed by atoms with Crippen molar-refractivity contribution >= 4 is 34.0 Å². The van der Waals surface area contributed by atoms with Crippen molar-refractivity contribution in [1.29, 1.82) is 0 Å². The molecule has 0 radical (unpaired) electrons. The maximum atomic E-state index is 12.2. The summed E-state index contributed by atoms with van der Waals surface area (Å²) in [6.07, 6.45) is 2.59. The van der Waals surface area contributed by atoms with E-state index in [1.54, 1.807) is 31.4 Å². The molecule has 3 aromatic heterocycles. The van der Waals surface area contributed by atoms with E-state index < -0.39 is 5.76 Å². The third kappa shape index (κ3) is 3.65. The maximum absolute atomic E-state index is 12.2. The van der Waals surface area contributed by atoms with Crippen LogP contribution < -0.4 is 11.1 Å². The number of benzene rings is 1. The first kappa shape index (κ1) is 17.2. The van der Waals surface area contributed by atoms with E-state index in [1.807, 2.05) is 23.6 Å². The number of nitrogens with one attached hydrogen (secondary N) is 1. The molecule has 7 nitrogen and oxygen atoms in total. The Morgan fingerprint density at radius 3 is 3.00 bits per heavy atom. The number of thiazole rings is 1. The molecule has 0 saturated carbocycles. The number of rotatable bonds is 5. The molecule has 27 heavy (non-hydrogen) atoms. The first-order chi connectivity index (χ1) is 13.1. The molecule has 0 aliphatic carbocycles. The van der Waals surface area contributed by atoms with Crippen LogP contribution in [0.25, 0.3) is 21.8 Å². The summed E-state index contributed by atoms with van der Waals surface area (Å²) in [5.41, 5.74) is 3.44. The number of amides is 1. The number of carbonyl (C=O) groups excluding carboxylic acids is 1. The van der Waals surface area contributed by atoms with Gasteiger partial charge in [0.15, 0.2) is 5.58 Å². The number of oxazole rings is 1. The monoisotopic (exact) mass is 380 g/mol. The fourth-order valence-electron chi connectivity index (χ4n) is 2.70. The van der Waals surface area contributed by atoms with E-state index >= 15 is 0 Å². The lowest BCUT2D eigenvalue weighted by Crippen LogP contribution is -2.12. The fraction of sp³-hybridized carbons (Fsp3) is 0.158. The average molecular weight is 380 g/mol. The van der Waals surface area contributed by atoms with Gasteiger partial charge in [0, 0.05) is 30.7 Å². The van der Waals surface area contributed by atoms with Crippen molar-refractivity contribution in [2.45, 2.75) is 12.8 Å². The van der Waals surface area contributed by atoms with Gasteiger partial charge in [-0.2, -0.15) is 0 Å². The van der Waals surface area contributed by atoms with E-state index in [-0.39, 0.29) is 5.91 Å². The number of pyridine rings is 1. The molecule has 0 saturated heterocycles. The third-order valence-corrected chi connectivity index (χ3v) is 5.03. The van der Waals surface area contributed by atoms with Crippen molar-refractivity contribution in [1.82, 2.24) is 14.5 Å². The summed E-state index contributed by atoms with van der Waals surface area (Å²) >= 11 is 1.52. The van der Waals surface area contributed by atoms with E-state index in [9.17, 15) is 9.59 Å². The van der Waals surface area contributed by atoms with Gasteiger partial charge in [-0.15, -0.1) is 11.3 Å². The summed E-state index contributed by atoms with van der Waals surface area (Å²) in [4.78, 5) is 32.6. The highest BCUT2D eigenvalue weighted by Crippen LogP contribution is 2.22. The molecule has 3 heterocycles. The van der Waals surface area contributed by atoms with Crippen LogP contribution in [-0.2, 0) is 18.3 Å². The predicted octanol–water partition coefficient (Wildman–Crippen LogP) is 3.22. The van der Waals surface area contributed by atoms with Crippen LogP contribution in [-0.4, -0.2) is 20.4 Å². The summed E-state index contributed by atoms with van der Waals surface area (Å²) in [6.45, 7) is 0. The second-order valence-corrected chi connectivity index (χ2v) is 6.87. The minimum Gasteiger partial charge on any atom is -0.408 e. The van der Waals surface area contributed by atoms with Crippen LogP contribution in [0.15, 0.2) is 57.2 Å². The Morgan fingerprint density at radius 2 is 2.19 bits per heavy atom.